The normalized spacial score (nSPS) is 10.4. The molecule has 7 heteroatoms. The number of amides is 1. The molecule has 3 aromatic rings. The van der Waals surface area contributed by atoms with E-state index in [1.54, 1.807) is 24.3 Å². The number of benzene rings is 3. The van der Waals surface area contributed by atoms with E-state index in [-0.39, 0.29) is 29.4 Å². The topological polar surface area (TPSA) is 88.0 Å². The van der Waals surface area contributed by atoms with E-state index in [1.807, 2.05) is 0 Å². The van der Waals surface area contributed by atoms with Crippen molar-refractivity contribution in [2.45, 2.75) is 6.54 Å². The van der Waals surface area contributed by atoms with Crippen molar-refractivity contribution in [1.29, 1.82) is 0 Å². The van der Waals surface area contributed by atoms with Gasteiger partial charge in [-0.1, -0.05) is 12.1 Å². The minimum atomic E-state index is -0.430. The number of phenolic OH excluding ortho intramolecular Hbond substituents is 2. The molecule has 0 radical (unpaired) electrons. The Morgan fingerprint density at radius 3 is 2.28 bits per heavy atom. The van der Waals surface area contributed by atoms with Gasteiger partial charge < -0.3 is 25.0 Å². The van der Waals surface area contributed by atoms with Crippen LogP contribution in [0.4, 0.5) is 4.39 Å². The Balaban J connectivity index is 1.93. The summed E-state index contributed by atoms with van der Waals surface area (Å²) in [6, 6.07) is 13.2. The van der Waals surface area contributed by atoms with Gasteiger partial charge in [0.05, 0.1) is 19.8 Å². The molecular weight excluding hydrogens is 377 g/mol. The molecule has 6 nitrogen and oxygen atoms in total. The lowest BCUT2D eigenvalue weighted by Gasteiger charge is -2.15. The van der Waals surface area contributed by atoms with E-state index in [0.29, 0.717) is 28.2 Å². The summed E-state index contributed by atoms with van der Waals surface area (Å²) in [7, 11) is 2.93. The fraction of sp³-hybridized carbons (Fsp3) is 0.136. The first-order valence-corrected chi connectivity index (χ1v) is 8.74. The molecule has 0 aliphatic carbocycles. The Kier molecular flexibility index (Phi) is 5.87. The highest BCUT2D eigenvalue weighted by molar-refractivity contribution is 5.99. The summed E-state index contributed by atoms with van der Waals surface area (Å²) in [4.78, 5) is 12.8. The molecule has 0 unspecified atom stereocenters. The zero-order chi connectivity index (χ0) is 21.0. The predicted molar refractivity (Wildman–Crippen MR) is 106 cm³/mol. The molecule has 3 N–H and O–H groups in total. The van der Waals surface area contributed by atoms with Crippen molar-refractivity contribution in [2.75, 3.05) is 14.2 Å². The van der Waals surface area contributed by atoms with Crippen LogP contribution >= 0.6 is 0 Å². The van der Waals surface area contributed by atoms with Gasteiger partial charge in [0.15, 0.2) is 0 Å². The molecule has 3 rings (SSSR count). The number of aromatic hydroxyl groups is 2. The van der Waals surface area contributed by atoms with Crippen molar-refractivity contribution in [3.63, 3.8) is 0 Å². The Labute approximate surface area is 167 Å². The van der Waals surface area contributed by atoms with Crippen molar-refractivity contribution in [2.24, 2.45) is 0 Å². The third-order valence-corrected chi connectivity index (χ3v) is 4.43. The smallest absolute Gasteiger partial charge is 0.255 e. The number of halogens is 1. The summed E-state index contributed by atoms with van der Waals surface area (Å²) in [6.07, 6.45) is 0. The van der Waals surface area contributed by atoms with Crippen molar-refractivity contribution in [1.82, 2.24) is 5.32 Å². The Morgan fingerprint density at radius 1 is 0.966 bits per heavy atom. The van der Waals surface area contributed by atoms with E-state index in [1.165, 1.54) is 44.6 Å². The predicted octanol–water partition coefficient (Wildman–Crippen LogP) is 3.85. The molecule has 0 saturated carbocycles. The van der Waals surface area contributed by atoms with Gasteiger partial charge in [-0.3, -0.25) is 4.79 Å². The second-order valence-corrected chi connectivity index (χ2v) is 6.26. The summed E-state index contributed by atoms with van der Waals surface area (Å²) in [5, 5.41) is 22.0. The number of hydrogen-bond acceptors (Lipinski definition) is 5. The number of methoxy groups -OCH3 is 2. The van der Waals surface area contributed by atoms with E-state index < -0.39 is 5.91 Å². The first-order valence-electron chi connectivity index (χ1n) is 8.74. The van der Waals surface area contributed by atoms with E-state index in [0.717, 1.165) is 0 Å². The highest BCUT2D eigenvalue weighted by atomic mass is 19.1. The third kappa shape index (κ3) is 4.40. The van der Waals surface area contributed by atoms with Crippen LogP contribution in [-0.4, -0.2) is 30.3 Å². The lowest BCUT2D eigenvalue weighted by molar-refractivity contribution is 0.0947. The molecule has 0 atom stereocenters. The Bertz CT molecular complexity index is 1030. The maximum Gasteiger partial charge on any atom is 0.255 e. The first-order chi connectivity index (χ1) is 13.9. The highest BCUT2D eigenvalue weighted by Gasteiger charge is 2.18. The maximum absolute atomic E-state index is 13.3. The minimum absolute atomic E-state index is 0.0476. The van der Waals surface area contributed by atoms with E-state index in [4.69, 9.17) is 9.47 Å². The molecule has 0 aliphatic heterocycles. The van der Waals surface area contributed by atoms with Crippen LogP contribution in [0.3, 0.4) is 0 Å². The van der Waals surface area contributed by atoms with Crippen molar-refractivity contribution < 1.29 is 28.9 Å². The van der Waals surface area contributed by atoms with Crippen LogP contribution in [-0.2, 0) is 6.54 Å². The van der Waals surface area contributed by atoms with Crippen LogP contribution in [0.1, 0.15) is 15.9 Å². The zero-order valence-electron chi connectivity index (χ0n) is 15.9. The Hall–Kier alpha value is -3.74. The zero-order valence-corrected chi connectivity index (χ0v) is 15.9. The summed E-state index contributed by atoms with van der Waals surface area (Å²) < 4.78 is 24.0. The molecule has 0 fully saturated rings. The van der Waals surface area contributed by atoms with Gasteiger partial charge in [-0.05, 0) is 35.9 Å². The molecule has 29 heavy (non-hydrogen) atoms. The molecule has 0 aliphatic rings. The van der Waals surface area contributed by atoms with Crippen LogP contribution in [0, 0.1) is 5.82 Å². The van der Waals surface area contributed by atoms with Gasteiger partial charge in [-0.2, -0.15) is 0 Å². The number of rotatable bonds is 6. The van der Waals surface area contributed by atoms with Gasteiger partial charge in [0, 0.05) is 29.8 Å². The van der Waals surface area contributed by atoms with Gasteiger partial charge >= 0.3 is 0 Å². The van der Waals surface area contributed by atoms with Gasteiger partial charge in [0.1, 0.15) is 28.8 Å². The lowest BCUT2D eigenvalue weighted by Crippen LogP contribution is -2.23. The number of phenols is 2. The standard InChI is InChI=1S/C22H20FNO5/c1-28-20-11-21(29-2)18(10-17(20)13-3-6-15(23)7-4-13)22(27)24-12-14-5-8-16(25)9-19(14)26/h3-11,25-26H,12H2,1-2H3,(H,24,27). The second kappa shape index (κ2) is 8.52. The van der Waals surface area contributed by atoms with Gasteiger partial charge in [-0.15, -0.1) is 0 Å². The average Bonchev–Trinajstić information content (AvgIpc) is 2.72. The van der Waals surface area contributed by atoms with Crippen LogP contribution < -0.4 is 14.8 Å². The van der Waals surface area contributed by atoms with E-state index in [9.17, 15) is 19.4 Å². The monoisotopic (exact) mass is 397 g/mol. The van der Waals surface area contributed by atoms with Gasteiger partial charge in [-0.25, -0.2) is 4.39 Å². The molecule has 0 saturated heterocycles. The van der Waals surface area contributed by atoms with E-state index >= 15 is 0 Å². The summed E-state index contributed by atoms with van der Waals surface area (Å²) in [5.41, 5.74) is 1.98. The molecule has 0 heterocycles. The fourth-order valence-electron chi connectivity index (χ4n) is 2.90. The second-order valence-electron chi connectivity index (χ2n) is 6.26. The van der Waals surface area contributed by atoms with Gasteiger partial charge in [0.2, 0.25) is 0 Å². The molecule has 1 amide bonds. The van der Waals surface area contributed by atoms with E-state index in [2.05, 4.69) is 5.32 Å². The molecular formula is C22H20FNO5. The van der Waals surface area contributed by atoms with Crippen LogP contribution in [0.5, 0.6) is 23.0 Å². The summed E-state index contributed by atoms with van der Waals surface area (Å²) >= 11 is 0. The molecule has 0 aromatic heterocycles. The largest absolute Gasteiger partial charge is 0.508 e. The van der Waals surface area contributed by atoms with Crippen molar-refractivity contribution in [3.8, 4) is 34.1 Å². The van der Waals surface area contributed by atoms with Crippen LogP contribution in [0.15, 0.2) is 54.6 Å². The van der Waals surface area contributed by atoms with Gasteiger partial charge in [0.25, 0.3) is 5.91 Å². The number of ether oxygens (including phenoxy) is 2. The highest BCUT2D eigenvalue weighted by Crippen LogP contribution is 2.36. The fourth-order valence-corrected chi connectivity index (χ4v) is 2.90. The number of nitrogens with one attached hydrogen (secondary N) is 1. The lowest BCUT2D eigenvalue weighted by atomic mass is 10.0. The molecule has 0 spiro atoms. The van der Waals surface area contributed by atoms with Crippen molar-refractivity contribution in [3.05, 3.63) is 71.5 Å². The quantitative estimate of drug-likeness (QED) is 0.588. The molecule has 3 aromatic carbocycles. The Morgan fingerprint density at radius 2 is 1.66 bits per heavy atom. The summed E-state index contributed by atoms with van der Waals surface area (Å²) in [6.45, 7) is 0.0476. The number of carbonyl (C=O) groups excluding carboxylic acids is 1. The maximum atomic E-state index is 13.3. The number of hydrogen-bond donors (Lipinski definition) is 3. The van der Waals surface area contributed by atoms with Crippen LogP contribution in [0.2, 0.25) is 0 Å². The van der Waals surface area contributed by atoms with Crippen LogP contribution in [0.25, 0.3) is 11.1 Å². The summed E-state index contributed by atoms with van der Waals surface area (Å²) in [5.74, 6) is -0.216. The SMILES string of the molecule is COc1cc(OC)c(-c2ccc(F)cc2)cc1C(=O)NCc1ccc(O)cc1O. The first kappa shape index (κ1) is 20.0. The minimum Gasteiger partial charge on any atom is -0.508 e. The third-order valence-electron chi connectivity index (χ3n) is 4.43. The van der Waals surface area contributed by atoms with Crippen molar-refractivity contribution >= 4 is 5.91 Å². The molecule has 150 valence electrons. The molecule has 0 bridgehead atoms. The average molecular weight is 397 g/mol. The number of carbonyl (C=O) groups is 1.